The number of amides is 2. The highest BCUT2D eigenvalue weighted by Crippen LogP contribution is 2.33. The van der Waals surface area contributed by atoms with Crippen molar-refractivity contribution in [3.05, 3.63) is 53.8 Å². The molecule has 11 heteroatoms. The van der Waals surface area contributed by atoms with Crippen molar-refractivity contribution in [3.63, 3.8) is 0 Å². The molecule has 0 saturated heterocycles. The van der Waals surface area contributed by atoms with E-state index in [0.717, 1.165) is 29.3 Å². The van der Waals surface area contributed by atoms with Gasteiger partial charge in [0.25, 0.3) is 0 Å². The van der Waals surface area contributed by atoms with Gasteiger partial charge in [-0.2, -0.15) is 4.31 Å². The molecule has 3 atom stereocenters. The molecule has 1 saturated carbocycles. The van der Waals surface area contributed by atoms with E-state index >= 15 is 0 Å². The van der Waals surface area contributed by atoms with Crippen molar-refractivity contribution in [1.82, 2.24) is 9.21 Å². The Morgan fingerprint density at radius 3 is 2.55 bits per heavy atom. The number of aliphatic hydroxyl groups excluding tert-OH is 1. The zero-order chi connectivity index (χ0) is 27.6. The molecule has 2 aliphatic rings. The average molecular weight is 548 g/mol. The minimum Gasteiger partial charge on any atom is -0.488 e. The third kappa shape index (κ3) is 6.33. The van der Waals surface area contributed by atoms with E-state index in [2.05, 4.69) is 5.32 Å². The number of fused-ring (bicyclic) bond motifs is 1. The fourth-order valence-electron chi connectivity index (χ4n) is 4.45. The van der Waals surface area contributed by atoms with Gasteiger partial charge < -0.3 is 20.1 Å². The zero-order valence-electron chi connectivity index (χ0n) is 21.8. The third-order valence-electron chi connectivity index (χ3n) is 7.09. The first-order valence-electron chi connectivity index (χ1n) is 12.7. The van der Waals surface area contributed by atoms with Crippen LogP contribution >= 0.6 is 0 Å². The van der Waals surface area contributed by atoms with E-state index in [1.807, 2.05) is 6.92 Å². The molecule has 1 heterocycles. The number of likely N-dealkylation sites (N-methyl/N-ethyl adjacent to an activating group) is 1. The minimum absolute atomic E-state index is 0.00400. The molecule has 2 amide bonds. The summed E-state index contributed by atoms with van der Waals surface area (Å²) < 4.78 is 47.2. The van der Waals surface area contributed by atoms with Crippen molar-refractivity contribution in [2.24, 2.45) is 11.8 Å². The second-order valence-corrected chi connectivity index (χ2v) is 12.3. The molecule has 1 aliphatic carbocycles. The molecule has 206 valence electrons. The number of hydrogen-bond acceptors (Lipinski definition) is 6. The number of hydrogen-bond donors (Lipinski definition) is 2. The lowest BCUT2D eigenvalue weighted by atomic mass is 10.0. The second kappa shape index (κ2) is 11.4. The molecule has 0 unspecified atom stereocenters. The Balaban J connectivity index is 1.64. The molecule has 4 rings (SSSR count). The molecule has 0 bridgehead atoms. The van der Waals surface area contributed by atoms with Gasteiger partial charge in [0, 0.05) is 36.7 Å². The summed E-state index contributed by atoms with van der Waals surface area (Å²) in [5, 5.41) is 12.7. The monoisotopic (exact) mass is 547 g/mol. The SMILES string of the molecule is C[C@H]1CN([C@@H](C)CO)C(=O)Cc2cc(NC(=O)C3CC3)ccc2O[C@@H]1CN(C)S(=O)(=O)c1ccc(F)cc1. The van der Waals surface area contributed by atoms with Crippen LogP contribution in [0.2, 0.25) is 0 Å². The fourth-order valence-corrected chi connectivity index (χ4v) is 5.64. The molecule has 2 N–H and O–H groups in total. The van der Waals surface area contributed by atoms with E-state index < -0.39 is 28.0 Å². The Labute approximate surface area is 222 Å². The first-order chi connectivity index (χ1) is 18.0. The maximum Gasteiger partial charge on any atom is 0.242 e. The Morgan fingerprint density at radius 2 is 1.92 bits per heavy atom. The first kappa shape index (κ1) is 28.0. The molecular formula is C27H34FN3O6S. The van der Waals surface area contributed by atoms with Crippen LogP contribution in [0.3, 0.4) is 0 Å². The molecule has 1 fully saturated rings. The topological polar surface area (TPSA) is 116 Å². The van der Waals surface area contributed by atoms with Gasteiger partial charge in [-0.05, 0) is 62.2 Å². The molecule has 0 spiro atoms. The number of carbonyl (C=O) groups is 2. The number of nitrogens with one attached hydrogen (secondary N) is 1. The van der Waals surface area contributed by atoms with E-state index in [4.69, 9.17) is 4.74 Å². The van der Waals surface area contributed by atoms with Crippen LogP contribution in [0.1, 0.15) is 32.3 Å². The van der Waals surface area contributed by atoms with E-state index in [9.17, 15) is 27.5 Å². The zero-order valence-corrected chi connectivity index (χ0v) is 22.6. The van der Waals surface area contributed by atoms with Gasteiger partial charge in [-0.25, -0.2) is 12.8 Å². The predicted octanol–water partition coefficient (Wildman–Crippen LogP) is 2.64. The number of nitrogens with zero attached hydrogens (tertiary/aromatic N) is 2. The van der Waals surface area contributed by atoms with Crippen LogP contribution in [0.25, 0.3) is 0 Å². The number of halogens is 1. The maximum absolute atomic E-state index is 13.4. The van der Waals surface area contributed by atoms with Gasteiger partial charge in [-0.1, -0.05) is 6.92 Å². The van der Waals surface area contributed by atoms with Crippen LogP contribution < -0.4 is 10.1 Å². The van der Waals surface area contributed by atoms with Gasteiger partial charge in [-0.3, -0.25) is 9.59 Å². The largest absolute Gasteiger partial charge is 0.488 e. The van der Waals surface area contributed by atoms with Crippen molar-refractivity contribution in [1.29, 1.82) is 0 Å². The lowest BCUT2D eigenvalue weighted by Gasteiger charge is -2.33. The van der Waals surface area contributed by atoms with Gasteiger partial charge in [0.1, 0.15) is 17.7 Å². The normalized spacial score (nSPS) is 21.1. The molecule has 2 aromatic carbocycles. The summed E-state index contributed by atoms with van der Waals surface area (Å²) in [4.78, 5) is 27.1. The summed E-state index contributed by atoms with van der Waals surface area (Å²) >= 11 is 0. The Morgan fingerprint density at radius 1 is 1.24 bits per heavy atom. The molecule has 0 aromatic heterocycles. The fraction of sp³-hybridized carbons (Fsp3) is 0.481. The second-order valence-electron chi connectivity index (χ2n) is 10.2. The Hall–Kier alpha value is -3.02. The highest BCUT2D eigenvalue weighted by atomic mass is 32.2. The van der Waals surface area contributed by atoms with Crippen molar-refractivity contribution in [3.8, 4) is 5.75 Å². The molecule has 38 heavy (non-hydrogen) atoms. The standard InChI is InChI=1S/C27H34FN3O6S/c1-17-14-31(18(2)16-32)26(33)13-20-12-22(29-27(34)19-4-5-19)8-11-24(20)37-25(17)15-30(3)38(35,36)23-9-6-21(28)7-10-23/h6-12,17-19,25,32H,4-5,13-16H2,1-3H3,(H,29,34)/t17-,18-,25+/m0/s1. The Kier molecular flexibility index (Phi) is 8.39. The number of aliphatic hydroxyl groups is 1. The van der Waals surface area contributed by atoms with Gasteiger partial charge in [-0.15, -0.1) is 0 Å². The molecule has 2 aromatic rings. The van der Waals surface area contributed by atoms with Crippen molar-refractivity contribution in [2.45, 2.75) is 50.2 Å². The van der Waals surface area contributed by atoms with E-state index in [0.29, 0.717) is 17.0 Å². The smallest absolute Gasteiger partial charge is 0.242 e. The number of sulfonamides is 1. The summed E-state index contributed by atoms with van der Waals surface area (Å²) in [6, 6.07) is 9.26. The Bertz CT molecular complexity index is 1280. The van der Waals surface area contributed by atoms with Gasteiger partial charge in [0.05, 0.1) is 30.5 Å². The number of benzene rings is 2. The summed E-state index contributed by atoms with van der Waals surface area (Å²) in [6.45, 7) is 3.59. The molecule has 0 radical (unpaired) electrons. The first-order valence-corrected chi connectivity index (χ1v) is 14.2. The van der Waals surface area contributed by atoms with Crippen LogP contribution in [0.5, 0.6) is 5.75 Å². The van der Waals surface area contributed by atoms with Crippen LogP contribution in [-0.4, -0.2) is 73.4 Å². The van der Waals surface area contributed by atoms with Crippen LogP contribution in [0, 0.1) is 17.7 Å². The van der Waals surface area contributed by atoms with Crippen molar-refractivity contribution < 1.29 is 32.2 Å². The van der Waals surface area contributed by atoms with Crippen molar-refractivity contribution >= 4 is 27.5 Å². The number of rotatable bonds is 8. The average Bonchev–Trinajstić information content (AvgIpc) is 3.72. The summed E-state index contributed by atoms with van der Waals surface area (Å²) in [6.07, 6.45) is 1.07. The van der Waals surface area contributed by atoms with E-state index in [1.54, 1.807) is 30.0 Å². The summed E-state index contributed by atoms with van der Waals surface area (Å²) in [5.74, 6) is -0.670. The van der Waals surface area contributed by atoms with E-state index in [1.165, 1.54) is 19.2 Å². The summed E-state index contributed by atoms with van der Waals surface area (Å²) in [7, 11) is -2.51. The predicted molar refractivity (Wildman–Crippen MR) is 140 cm³/mol. The van der Waals surface area contributed by atoms with Gasteiger partial charge in [0.2, 0.25) is 21.8 Å². The van der Waals surface area contributed by atoms with E-state index in [-0.39, 0.29) is 54.7 Å². The number of ether oxygens (including phenoxy) is 1. The third-order valence-corrected chi connectivity index (χ3v) is 8.93. The maximum atomic E-state index is 13.4. The van der Waals surface area contributed by atoms with Crippen LogP contribution in [0.15, 0.2) is 47.4 Å². The van der Waals surface area contributed by atoms with Gasteiger partial charge >= 0.3 is 0 Å². The lowest BCUT2D eigenvalue weighted by molar-refractivity contribution is -0.134. The number of anilines is 1. The van der Waals surface area contributed by atoms with Crippen LogP contribution in [0.4, 0.5) is 10.1 Å². The summed E-state index contributed by atoms with van der Waals surface area (Å²) in [5.41, 5.74) is 1.11. The lowest BCUT2D eigenvalue weighted by Crippen LogP contribution is -2.48. The quantitative estimate of drug-likeness (QED) is 0.525. The highest BCUT2D eigenvalue weighted by molar-refractivity contribution is 7.89. The molecule has 9 nitrogen and oxygen atoms in total. The van der Waals surface area contributed by atoms with Crippen LogP contribution in [-0.2, 0) is 26.0 Å². The minimum atomic E-state index is -3.94. The number of carbonyl (C=O) groups excluding carboxylic acids is 2. The van der Waals surface area contributed by atoms with Gasteiger partial charge in [0.15, 0.2) is 0 Å². The molecule has 1 aliphatic heterocycles. The molecular weight excluding hydrogens is 513 g/mol. The highest BCUT2D eigenvalue weighted by Gasteiger charge is 2.34. The van der Waals surface area contributed by atoms with Crippen molar-refractivity contribution in [2.75, 3.05) is 32.1 Å².